The number of hydrogen-bond acceptors (Lipinski definition) is 4. The Balaban J connectivity index is 2.36. The number of nitriles is 3. The smallest absolute Gasteiger partial charge is 0.191 e. The first kappa shape index (κ1) is 17.6. The van der Waals surface area contributed by atoms with Gasteiger partial charge in [0.25, 0.3) is 0 Å². The van der Waals surface area contributed by atoms with Gasteiger partial charge in [-0.3, -0.25) is 0 Å². The number of hydrogen-bond donors (Lipinski definition) is 1. The SMILES string of the molecule is C[C@@H]1CC=C2C(C#N)=C(N)C(C#N)(C#N)[C@@H](c3ccc(F)cc3F)[C@@H]2C1. The molecule has 1 aromatic carbocycles. The highest BCUT2D eigenvalue weighted by Gasteiger charge is 2.54. The summed E-state index contributed by atoms with van der Waals surface area (Å²) in [5.41, 5.74) is 4.92. The second-order valence-electron chi connectivity index (χ2n) is 6.92. The van der Waals surface area contributed by atoms with E-state index in [1.807, 2.05) is 31.2 Å². The number of halogens is 2. The summed E-state index contributed by atoms with van der Waals surface area (Å²) in [6.07, 6.45) is 3.20. The molecular formula is C20H16F2N4. The molecule has 0 bridgehead atoms. The number of nitrogens with two attached hydrogens (primary N) is 1. The van der Waals surface area contributed by atoms with Gasteiger partial charge in [-0.1, -0.05) is 19.1 Å². The Labute approximate surface area is 150 Å². The molecule has 6 heteroatoms. The van der Waals surface area contributed by atoms with Crippen LogP contribution in [-0.4, -0.2) is 0 Å². The molecule has 0 aromatic heterocycles. The van der Waals surface area contributed by atoms with Gasteiger partial charge >= 0.3 is 0 Å². The minimum Gasteiger partial charge on any atom is -0.399 e. The molecule has 0 spiro atoms. The monoisotopic (exact) mass is 350 g/mol. The van der Waals surface area contributed by atoms with E-state index < -0.39 is 28.9 Å². The van der Waals surface area contributed by atoms with Crippen molar-refractivity contribution in [2.75, 3.05) is 0 Å². The topological polar surface area (TPSA) is 97.4 Å². The number of benzene rings is 1. The van der Waals surface area contributed by atoms with Crippen molar-refractivity contribution in [2.45, 2.75) is 25.7 Å². The van der Waals surface area contributed by atoms with Crippen LogP contribution in [-0.2, 0) is 0 Å². The Bertz CT molecular complexity index is 941. The van der Waals surface area contributed by atoms with Crippen LogP contribution < -0.4 is 5.73 Å². The molecule has 1 aromatic rings. The van der Waals surface area contributed by atoms with Crippen molar-refractivity contribution in [1.29, 1.82) is 15.8 Å². The lowest BCUT2D eigenvalue weighted by Crippen LogP contribution is -2.43. The second kappa shape index (κ2) is 6.28. The lowest BCUT2D eigenvalue weighted by Gasteiger charge is -2.44. The third-order valence-corrected chi connectivity index (χ3v) is 5.41. The number of allylic oxidation sites excluding steroid dienone is 4. The highest BCUT2D eigenvalue weighted by Crippen LogP contribution is 2.56. The van der Waals surface area contributed by atoms with Gasteiger partial charge in [-0.2, -0.15) is 15.8 Å². The largest absolute Gasteiger partial charge is 0.399 e. The van der Waals surface area contributed by atoms with Gasteiger partial charge in [0.1, 0.15) is 17.7 Å². The minimum atomic E-state index is -1.89. The van der Waals surface area contributed by atoms with E-state index in [2.05, 4.69) is 0 Å². The summed E-state index contributed by atoms with van der Waals surface area (Å²) in [5.74, 6) is -2.65. The van der Waals surface area contributed by atoms with Gasteiger partial charge in [-0.15, -0.1) is 0 Å². The van der Waals surface area contributed by atoms with E-state index in [0.29, 0.717) is 12.0 Å². The van der Waals surface area contributed by atoms with Gasteiger partial charge in [0, 0.05) is 12.0 Å². The first-order chi connectivity index (χ1) is 12.4. The average molecular weight is 350 g/mol. The zero-order valence-corrected chi connectivity index (χ0v) is 14.1. The fraction of sp³-hybridized carbons (Fsp3) is 0.350. The van der Waals surface area contributed by atoms with Gasteiger partial charge in [-0.05, 0) is 41.9 Å². The van der Waals surface area contributed by atoms with E-state index in [-0.39, 0.29) is 22.8 Å². The van der Waals surface area contributed by atoms with Crippen LogP contribution in [0.5, 0.6) is 0 Å². The molecule has 2 N–H and O–H groups in total. The molecule has 0 fully saturated rings. The maximum atomic E-state index is 14.6. The Kier molecular flexibility index (Phi) is 4.26. The predicted molar refractivity (Wildman–Crippen MR) is 89.6 cm³/mol. The van der Waals surface area contributed by atoms with Crippen molar-refractivity contribution < 1.29 is 8.78 Å². The van der Waals surface area contributed by atoms with Crippen LogP contribution in [0.2, 0.25) is 0 Å². The van der Waals surface area contributed by atoms with Gasteiger partial charge in [-0.25, -0.2) is 8.78 Å². The van der Waals surface area contributed by atoms with E-state index >= 15 is 0 Å². The number of rotatable bonds is 1. The third kappa shape index (κ3) is 2.37. The van der Waals surface area contributed by atoms with Crippen molar-refractivity contribution >= 4 is 0 Å². The third-order valence-electron chi connectivity index (χ3n) is 5.41. The van der Waals surface area contributed by atoms with Crippen molar-refractivity contribution in [3.05, 3.63) is 58.3 Å². The zero-order chi connectivity index (χ0) is 19.1. The van der Waals surface area contributed by atoms with Crippen LogP contribution in [0.15, 0.2) is 41.1 Å². The quantitative estimate of drug-likeness (QED) is 0.833. The van der Waals surface area contributed by atoms with Crippen LogP contribution in [0.25, 0.3) is 0 Å². The molecule has 0 heterocycles. The van der Waals surface area contributed by atoms with E-state index in [1.54, 1.807) is 0 Å². The Hall–Kier alpha value is -3.17. The van der Waals surface area contributed by atoms with E-state index in [1.165, 1.54) is 6.07 Å². The van der Waals surface area contributed by atoms with Gasteiger partial charge in [0.2, 0.25) is 0 Å². The number of fused-ring (bicyclic) bond motifs is 1. The standard InChI is InChI=1S/C20H16F2N4/c1-11-2-4-13-15(6-11)18(14-5-3-12(21)7-17(14)22)20(9-24,10-25)19(26)16(13)8-23/h3-5,7,11,15,18H,2,6,26H2,1H3/t11-,15-,18+/m1/s1. The molecule has 2 aliphatic rings. The van der Waals surface area contributed by atoms with Crippen molar-refractivity contribution in [3.63, 3.8) is 0 Å². The molecular weight excluding hydrogens is 334 g/mol. The van der Waals surface area contributed by atoms with Gasteiger partial charge in [0.05, 0.1) is 23.4 Å². The molecule has 0 aliphatic heterocycles. The number of nitrogens with zero attached hydrogens (tertiary/aromatic N) is 3. The Morgan fingerprint density at radius 1 is 1.19 bits per heavy atom. The average Bonchev–Trinajstić information content (AvgIpc) is 2.62. The maximum absolute atomic E-state index is 14.6. The second-order valence-corrected chi connectivity index (χ2v) is 6.92. The lowest BCUT2D eigenvalue weighted by atomic mass is 9.56. The van der Waals surface area contributed by atoms with Crippen LogP contribution in [0.1, 0.15) is 31.2 Å². The normalized spacial score (nSPS) is 26.8. The zero-order valence-electron chi connectivity index (χ0n) is 14.1. The van der Waals surface area contributed by atoms with Crippen molar-refractivity contribution in [1.82, 2.24) is 0 Å². The van der Waals surface area contributed by atoms with Crippen LogP contribution >= 0.6 is 0 Å². The maximum Gasteiger partial charge on any atom is 0.191 e. The fourth-order valence-electron chi connectivity index (χ4n) is 4.17. The Morgan fingerprint density at radius 2 is 1.88 bits per heavy atom. The predicted octanol–water partition coefficient (Wildman–Crippen LogP) is 3.80. The molecule has 3 rings (SSSR count). The fourth-order valence-corrected chi connectivity index (χ4v) is 4.17. The molecule has 26 heavy (non-hydrogen) atoms. The van der Waals surface area contributed by atoms with Crippen LogP contribution in [0.4, 0.5) is 8.78 Å². The van der Waals surface area contributed by atoms with Crippen LogP contribution in [0.3, 0.4) is 0 Å². The van der Waals surface area contributed by atoms with Gasteiger partial charge < -0.3 is 5.73 Å². The van der Waals surface area contributed by atoms with E-state index in [0.717, 1.165) is 18.6 Å². The molecule has 0 amide bonds. The molecule has 4 nitrogen and oxygen atoms in total. The molecule has 0 radical (unpaired) electrons. The van der Waals surface area contributed by atoms with E-state index in [9.17, 15) is 24.6 Å². The summed E-state index contributed by atoms with van der Waals surface area (Å²) in [6, 6.07) is 9.00. The summed E-state index contributed by atoms with van der Waals surface area (Å²) >= 11 is 0. The highest BCUT2D eigenvalue weighted by atomic mass is 19.1. The molecule has 0 saturated carbocycles. The molecule has 2 aliphatic carbocycles. The summed E-state index contributed by atoms with van der Waals surface area (Å²) in [6.45, 7) is 2.01. The summed E-state index contributed by atoms with van der Waals surface area (Å²) in [4.78, 5) is 0. The lowest BCUT2D eigenvalue weighted by molar-refractivity contribution is 0.278. The summed E-state index contributed by atoms with van der Waals surface area (Å²) in [5, 5.41) is 29.3. The summed E-state index contributed by atoms with van der Waals surface area (Å²) in [7, 11) is 0. The first-order valence-corrected chi connectivity index (χ1v) is 8.27. The van der Waals surface area contributed by atoms with Crippen LogP contribution in [0, 0.1) is 62.9 Å². The molecule has 130 valence electrons. The highest BCUT2D eigenvalue weighted by molar-refractivity contribution is 5.59. The first-order valence-electron chi connectivity index (χ1n) is 8.27. The van der Waals surface area contributed by atoms with Gasteiger partial charge in [0.15, 0.2) is 5.41 Å². The molecule has 3 atom stereocenters. The molecule has 0 unspecified atom stereocenters. The van der Waals surface area contributed by atoms with Crippen molar-refractivity contribution in [3.8, 4) is 18.2 Å². The minimum absolute atomic E-state index is 0.0689. The van der Waals surface area contributed by atoms with Crippen molar-refractivity contribution in [2.24, 2.45) is 23.0 Å². The summed E-state index contributed by atoms with van der Waals surface area (Å²) < 4.78 is 28.0. The molecule has 0 saturated heterocycles. The van der Waals surface area contributed by atoms with E-state index in [4.69, 9.17) is 5.73 Å². The Morgan fingerprint density at radius 3 is 2.46 bits per heavy atom.